The lowest BCUT2D eigenvalue weighted by Gasteiger charge is -2.16. The van der Waals surface area contributed by atoms with Gasteiger partial charge in [-0.05, 0) is 36.2 Å². The Morgan fingerprint density at radius 2 is 2.08 bits per heavy atom. The third-order valence-corrected chi connectivity index (χ3v) is 5.29. The Morgan fingerprint density at radius 3 is 2.88 bits per heavy atom. The van der Waals surface area contributed by atoms with E-state index in [9.17, 15) is 4.79 Å². The highest BCUT2D eigenvalue weighted by Gasteiger charge is 2.16. The van der Waals surface area contributed by atoms with Crippen molar-refractivity contribution in [3.63, 3.8) is 0 Å². The van der Waals surface area contributed by atoms with Crippen molar-refractivity contribution in [2.24, 2.45) is 7.05 Å². The first kappa shape index (κ1) is 16.7. The highest BCUT2D eigenvalue weighted by atomic mass is 32.1. The van der Waals surface area contributed by atoms with Crippen molar-refractivity contribution in [2.75, 3.05) is 14.2 Å². The molecule has 3 heterocycles. The molecule has 0 amide bonds. The minimum atomic E-state index is -0.0359. The summed E-state index contributed by atoms with van der Waals surface area (Å²) in [5.74, 6) is 2.22. The summed E-state index contributed by atoms with van der Waals surface area (Å²) in [5, 5.41) is 10.5. The van der Waals surface area contributed by atoms with Gasteiger partial charge in [-0.25, -0.2) is 0 Å². The van der Waals surface area contributed by atoms with Gasteiger partial charge in [-0.3, -0.25) is 18.7 Å². The molecule has 0 atom stereocenters. The quantitative estimate of drug-likeness (QED) is 0.540. The number of nitrogens with zero attached hydrogens (tertiary/aromatic N) is 5. The molecule has 0 radical (unpaired) electrons. The molecule has 0 spiro atoms. The van der Waals surface area contributed by atoms with E-state index >= 15 is 0 Å². The monoisotopic (exact) mass is 369 g/mol. The van der Waals surface area contributed by atoms with Gasteiger partial charge in [-0.1, -0.05) is 12.1 Å². The molecular weight excluding hydrogens is 350 g/mol. The zero-order valence-electron chi connectivity index (χ0n) is 14.8. The van der Waals surface area contributed by atoms with Gasteiger partial charge < -0.3 is 4.74 Å². The summed E-state index contributed by atoms with van der Waals surface area (Å²) >= 11 is 1.44. The molecule has 4 rings (SSSR count). The SMILES string of the molecule is COc1cccc(CN(C)Cc2nnc3n(C)c(=O)c4sccc4n23)c1. The highest BCUT2D eigenvalue weighted by molar-refractivity contribution is 7.17. The Morgan fingerprint density at radius 1 is 1.23 bits per heavy atom. The van der Waals surface area contributed by atoms with Crippen LogP contribution in [0.2, 0.25) is 0 Å². The molecule has 0 aliphatic heterocycles. The second-order valence-corrected chi connectivity index (χ2v) is 7.19. The largest absolute Gasteiger partial charge is 0.497 e. The summed E-state index contributed by atoms with van der Waals surface area (Å²) in [5.41, 5.74) is 1.99. The molecule has 0 aliphatic rings. The number of thiophene rings is 1. The molecule has 4 aromatic rings. The Kier molecular flexibility index (Phi) is 4.21. The fourth-order valence-electron chi connectivity index (χ4n) is 3.14. The van der Waals surface area contributed by atoms with Gasteiger partial charge in [0.15, 0.2) is 5.82 Å². The van der Waals surface area contributed by atoms with Crippen LogP contribution in [0, 0.1) is 0 Å². The molecule has 26 heavy (non-hydrogen) atoms. The maximum absolute atomic E-state index is 12.4. The van der Waals surface area contributed by atoms with E-state index in [4.69, 9.17) is 4.74 Å². The first-order valence-electron chi connectivity index (χ1n) is 8.20. The number of aromatic nitrogens is 4. The van der Waals surface area contributed by atoms with Crippen molar-refractivity contribution < 1.29 is 4.74 Å². The topological polar surface area (TPSA) is 64.7 Å². The third kappa shape index (κ3) is 2.77. The average molecular weight is 369 g/mol. The van der Waals surface area contributed by atoms with Gasteiger partial charge in [-0.15, -0.1) is 21.5 Å². The van der Waals surface area contributed by atoms with Crippen LogP contribution >= 0.6 is 11.3 Å². The van der Waals surface area contributed by atoms with Crippen molar-refractivity contribution >= 4 is 27.3 Å². The predicted molar refractivity (Wildman–Crippen MR) is 102 cm³/mol. The summed E-state index contributed by atoms with van der Waals surface area (Å²) in [7, 11) is 5.43. The van der Waals surface area contributed by atoms with Gasteiger partial charge in [0.1, 0.15) is 10.4 Å². The molecule has 7 nitrogen and oxygen atoms in total. The number of rotatable bonds is 5. The van der Waals surface area contributed by atoms with Gasteiger partial charge in [-0.2, -0.15) is 0 Å². The summed E-state index contributed by atoms with van der Waals surface area (Å²) in [6, 6.07) is 9.97. The molecule has 0 saturated heterocycles. The molecule has 3 aromatic heterocycles. The fraction of sp³-hybridized carbons (Fsp3) is 0.278. The maximum atomic E-state index is 12.4. The molecule has 0 N–H and O–H groups in total. The molecule has 0 aliphatic carbocycles. The summed E-state index contributed by atoms with van der Waals surface area (Å²) in [6.45, 7) is 1.37. The molecule has 134 valence electrons. The number of benzene rings is 1. The minimum Gasteiger partial charge on any atom is -0.497 e. The van der Waals surface area contributed by atoms with Gasteiger partial charge in [0.25, 0.3) is 5.56 Å². The van der Waals surface area contributed by atoms with E-state index in [-0.39, 0.29) is 5.56 Å². The van der Waals surface area contributed by atoms with Crippen LogP contribution in [-0.2, 0) is 20.1 Å². The van der Waals surface area contributed by atoms with Crippen molar-refractivity contribution in [3.8, 4) is 5.75 Å². The first-order chi connectivity index (χ1) is 12.6. The van der Waals surface area contributed by atoms with E-state index in [0.717, 1.165) is 33.9 Å². The van der Waals surface area contributed by atoms with Crippen LogP contribution in [0.25, 0.3) is 16.0 Å². The zero-order chi connectivity index (χ0) is 18.3. The number of methoxy groups -OCH3 is 1. The molecule has 0 bridgehead atoms. The van der Waals surface area contributed by atoms with Gasteiger partial charge in [0.2, 0.25) is 5.78 Å². The standard InChI is InChI=1S/C18H19N5O2S/c1-21(10-12-5-4-6-13(9-12)25-3)11-15-19-20-18-22(2)17(24)16-14(23(15)18)7-8-26-16/h4-9H,10-11H2,1-3H3. The van der Waals surface area contributed by atoms with E-state index < -0.39 is 0 Å². The second-order valence-electron chi connectivity index (χ2n) is 6.27. The molecule has 0 unspecified atom stereocenters. The van der Waals surface area contributed by atoms with Crippen molar-refractivity contribution in [1.29, 1.82) is 0 Å². The highest BCUT2D eigenvalue weighted by Crippen LogP contribution is 2.20. The maximum Gasteiger partial charge on any atom is 0.272 e. The van der Waals surface area contributed by atoms with Crippen LogP contribution in [0.1, 0.15) is 11.4 Å². The van der Waals surface area contributed by atoms with E-state index in [1.54, 1.807) is 18.7 Å². The Labute approximate surface area is 154 Å². The molecule has 8 heteroatoms. The van der Waals surface area contributed by atoms with Gasteiger partial charge in [0.05, 0.1) is 19.2 Å². The second kappa shape index (κ2) is 6.54. The van der Waals surface area contributed by atoms with Crippen LogP contribution in [0.4, 0.5) is 0 Å². The summed E-state index contributed by atoms with van der Waals surface area (Å²) in [6.07, 6.45) is 0. The number of hydrogen-bond acceptors (Lipinski definition) is 6. The van der Waals surface area contributed by atoms with Crippen LogP contribution in [0.15, 0.2) is 40.5 Å². The zero-order valence-corrected chi connectivity index (χ0v) is 15.7. The Hall–Kier alpha value is -2.71. The smallest absolute Gasteiger partial charge is 0.272 e. The Bertz CT molecular complexity index is 1140. The van der Waals surface area contributed by atoms with Crippen LogP contribution in [0.5, 0.6) is 5.75 Å². The molecule has 1 aromatic carbocycles. The third-order valence-electron chi connectivity index (χ3n) is 4.40. The number of ether oxygens (including phenoxy) is 1. The lowest BCUT2D eigenvalue weighted by molar-refractivity contribution is 0.309. The van der Waals surface area contributed by atoms with Crippen molar-refractivity contribution in [1.82, 2.24) is 24.1 Å². The van der Waals surface area contributed by atoms with E-state index in [2.05, 4.69) is 21.2 Å². The van der Waals surface area contributed by atoms with Gasteiger partial charge in [0, 0.05) is 13.6 Å². The minimum absolute atomic E-state index is 0.0359. The summed E-state index contributed by atoms with van der Waals surface area (Å²) in [4.78, 5) is 14.6. The van der Waals surface area contributed by atoms with Crippen LogP contribution < -0.4 is 10.3 Å². The average Bonchev–Trinajstić information content (AvgIpc) is 3.26. The van der Waals surface area contributed by atoms with E-state index in [1.807, 2.05) is 41.1 Å². The lowest BCUT2D eigenvalue weighted by atomic mass is 10.2. The van der Waals surface area contributed by atoms with Crippen molar-refractivity contribution in [3.05, 3.63) is 57.5 Å². The summed E-state index contributed by atoms with van der Waals surface area (Å²) < 4.78 is 9.53. The van der Waals surface area contributed by atoms with Crippen molar-refractivity contribution in [2.45, 2.75) is 13.1 Å². The molecule has 0 fully saturated rings. The number of aryl methyl sites for hydroxylation is 1. The van der Waals surface area contributed by atoms with Gasteiger partial charge >= 0.3 is 0 Å². The number of fused-ring (bicyclic) bond motifs is 3. The van der Waals surface area contributed by atoms with E-state index in [0.29, 0.717) is 12.3 Å². The fourth-order valence-corrected chi connectivity index (χ4v) is 3.99. The van der Waals surface area contributed by atoms with Crippen LogP contribution in [0.3, 0.4) is 0 Å². The predicted octanol–water partition coefficient (Wildman–Crippen LogP) is 2.28. The normalized spacial score (nSPS) is 11.7. The number of hydrogen-bond donors (Lipinski definition) is 0. The lowest BCUT2D eigenvalue weighted by Crippen LogP contribution is -2.21. The van der Waals surface area contributed by atoms with Crippen LogP contribution in [-0.4, -0.2) is 38.2 Å². The Balaban J connectivity index is 1.68. The first-order valence-corrected chi connectivity index (χ1v) is 9.08. The molecular formula is C18H19N5O2S. The van der Waals surface area contributed by atoms with E-state index in [1.165, 1.54) is 11.3 Å². The molecule has 0 saturated carbocycles.